The number of hydrogen-bond donors (Lipinski definition) is 1. The first kappa shape index (κ1) is 16.2. The van der Waals surface area contributed by atoms with Crippen LogP contribution in [0.4, 0.5) is 0 Å². The molecule has 6 rings (SSSR count). The van der Waals surface area contributed by atoms with Crippen molar-refractivity contribution in [3.05, 3.63) is 59.2 Å². The Labute approximate surface area is 163 Å². The lowest BCUT2D eigenvalue weighted by atomic mass is 9.90. The normalized spacial score (nSPS) is 22.8. The molecule has 0 unspecified atom stereocenters. The van der Waals surface area contributed by atoms with E-state index in [1.54, 1.807) is 6.33 Å². The lowest BCUT2D eigenvalue weighted by Gasteiger charge is -2.32. The fourth-order valence-electron chi connectivity index (χ4n) is 4.43. The van der Waals surface area contributed by atoms with Gasteiger partial charge in [0.25, 0.3) is 0 Å². The molecular weight excluding hydrogens is 352 g/mol. The number of aromatic nitrogens is 2. The molecule has 2 aromatic rings. The third-order valence-electron chi connectivity index (χ3n) is 6.37. The van der Waals surface area contributed by atoms with E-state index in [9.17, 15) is 9.90 Å². The summed E-state index contributed by atoms with van der Waals surface area (Å²) in [5.74, 6) is 1.41. The van der Waals surface area contributed by atoms with Crippen LogP contribution in [0.3, 0.4) is 0 Å². The molecule has 1 aromatic carbocycles. The van der Waals surface area contributed by atoms with Crippen molar-refractivity contribution in [2.24, 2.45) is 4.99 Å². The Hall–Kier alpha value is -2.73. The molecule has 2 fully saturated rings. The quantitative estimate of drug-likeness (QED) is 0.878. The summed E-state index contributed by atoms with van der Waals surface area (Å²) in [5.41, 5.74) is 4.84. The molecule has 2 saturated carbocycles. The van der Waals surface area contributed by atoms with Gasteiger partial charge in [-0.25, -0.2) is 4.98 Å². The van der Waals surface area contributed by atoms with Crippen LogP contribution in [0.2, 0.25) is 0 Å². The number of rotatable bonds is 2. The molecule has 1 amide bonds. The van der Waals surface area contributed by atoms with Crippen molar-refractivity contribution in [3.8, 4) is 0 Å². The maximum Gasteiger partial charge on any atom is 0.248 e. The molecule has 6 nitrogen and oxygen atoms in total. The summed E-state index contributed by atoms with van der Waals surface area (Å²) in [7, 11) is 0. The van der Waals surface area contributed by atoms with Crippen molar-refractivity contribution in [3.63, 3.8) is 0 Å². The van der Waals surface area contributed by atoms with Crippen LogP contribution < -0.4 is 0 Å². The Morgan fingerprint density at radius 3 is 2.86 bits per heavy atom. The standard InChI is InChI=1S/C22H22N4O2/c27-21-11-23-20(25-12-19(24-13-25)22(28)7-8-22)10-18-17-3-1-2-15(14-4-5-14)16(17)6-9-26(18)21/h1-3,10,12-14,28H,4-9,11H2. The highest BCUT2D eigenvalue weighted by atomic mass is 16.3. The highest BCUT2D eigenvalue weighted by Crippen LogP contribution is 2.45. The Kier molecular flexibility index (Phi) is 3.27. The van der Waals surface area contributed by atoms with Gasteiger partial charge in [-0.2, -0.15) is 0 Å². The molecular formula is C22H22N4O2. The molecule has 1 aromatic heterocycles. The van der Waals surface area contributed by atoms with Gasteiger partial charge in [-0.3, -0.25) is 14.4 Å². The fraction of sp³-hybridized carbons (Fsp3) is 0.409. The first-order valence-electron chi connectivity index (χ1n) is 10.1. The Morgan fingerprint density at radius 2 is 2.07 bits per heavy atom. The minimum Gasteiger partial charge on any atom is -0.383 e. The summed E-state index contributed by atoms with van der Waals surface area (Å²) < 4.78 is 1.83. The topological polar surface area (TPSA) is 70.7 Å². The number of hydrogen-bond acceptors (Lipinski definition) is 4. The average Bonchev–Trinajstić information content (AvgIpc) is 3.63. The van der Waals surface area contributed by atoms with E-state index in [4.69, 9.17) is 0 Å². The highest BCUT2D eigenvalue weighted by Gasteiger charge is 2.44. The number of nitrogens with zero attached hydrogens (tertiary/aromatic N) is 4. The van der Waals surface area contributed by atoms with E-state index in [0.717, 1.165) is 30.5 Å². The van der Waals surface area contributed by atoms with E-state index in [1.807, 2.05) is 21.7 Å². The lowest BCUT2D eigenvalue weighted by Crippen LogP contribution is -2.36. The van der Waals surface area contributed by atoms with Gasteiger partial charge in [0.2, 0.25) is 5.91 Å². The summed E-state index contributed by atoms with van der Waals surface area (Å²) in [6, 6.07) is 6.49. The summed E-state index contributed by atoms with van der Waals surface area (Å²) >= 11 is 0. The fourth-order valence-corrected chi connectivity index (χ4v) is 4.43. The van der Waals surface area contributed by atoms with E-state index < -0.39 is 5.60 Å². The number of fused-ring (bicyclic) bond motifs is 3. The second-order valence-corrected chi connectivity index (χ2v) is 8.34. The predicted octanol–water partition coefficient (Wildman–Crippen LogP) is 2.43. The van der Waals surface area contributed by atoms with Gasteiger partial charge in [0.15, 0.2) is 0 Å². The zero-order chi connectivity index (χ0) is 18.9. The van der Waals surface area contributed by atoms with Gasteiger partial charge in [-0.05, 0) is 49.1 Å². The van der Waals surface area contributed by atoms with Crippen molar-refractivity contribution >= 4 is 17.4 Å². The van der Waals surface area contributed by atoms with Crippen molar-refractivity contribution in [1.29, 1.82) is 0 Å². The average molecular weight is 374 g/mol. The molecule has 2 aliphatic carbocycles. The van der Waals surface area contributed by atoms with Crippen LogP contribution in [-0.4, -0.2) is 44.4 Å². The van der Waals surface area contributed by atoms with Gasteiger partial charge >= 0.3 is 0 Å². The first-order valence-corrected chi connectivity index (χ1v) is 10.1. The van der Waals surface area contributed by atoms with E-state index in [1.165, 1.54) is 24.0 Å². The number of carbonyl (C=O) groups excluding carboxylic acids is 1. The van der Waals surface area contributed by atoms with Crippen LogP contribution >= 0.6 is 0 Å². The molecule has 142 valence electrons. The molecule has 0 bridgehead atoms. The van der Waals surface area contributed by atoms with Gasteiger partial charge in [-0.15, -0.1) is 0 Å². The minimum atomic E-state index is -0.776. The minimum absolute atomic E-state index is 0.0323. The van der Waals surface area contributed by atoms with Crippen LogP contribution in [0.5, 0.6) is 0 Å². The number of benzene rings is 1. The second-order valence-electron chi connectivity index (χ2n) is 8.34. The largest absolute Gasteiger partial charge is 0.383 e. The zero-order valence-corrected chi connectivity index (χ0v) is 15.6. The van der Waals surface area contributed by atoms with Gasteiger partial charge in [0, 0.05) is 24.4 Å². The van der Waals surface area contributed by atoms with Gasteiger partial charge in [-0.1, -0.05) is 18.2 Å². The van der Waals surface area contributed by atoms with Crippen LogP contribution in [0.25, 0.3) is 5.70 Å². The van der Waals surface area contributed by atoms with Crippen molar-refractivity contribution in [1.82, 2.24) is 14.5 Å². The molecule has 0 radical (unpaired) electrons. The number of imidazole rings is 1. The smallest absolute Gasteiger partial charge is 0.248 e. The van der Waals surface area contributed by atoms with Crippen molar-refractivity contribution in [2.75, 3.05) is 13.1 Å². The number of allylic oxidation sites excluding steroid dienone is 1. The van der Waals surface area contributed by atoms with Gasteiger partial charge in [0.1, 0.15) is 24.3 Å². The summed E-state index contributed by atoms with van der Waals surface area (Å²) in [5, 5.41) is 10.3. The van der Waals surface area contributed by atoms with E-state index >= 15 is 0 Å². The van der Waals surface area contributed by atoms with E-state index in [2.05, 4.69) is 28.2 Å². The van der Waals surface area contributed by atoms with E-state index in [-0.39, 0.29) is 12.5 Å². The van der Waals surface area contributed by atoms with Crippen LogP contribution in [0.15, 0.2) is 41.8 Å². The number of amides is 1. The monoisotopic (exact) mass is 374 g/mol. The molecule has 4 aliphatic rings. The van der Waals surface area contributed by atoms with E-state index in [0.29, 0.717) is 24.0 Å². The first-order chi connectivity index (χ1) is 13.6. The highest BCUT2D eigenvalue weighted by molar-refractivity contribution is 6.06. The van der Waals surface area contributed by atoms with Crippen LogP contribution in [0, 0.1) is 0 Å². The molecule has 6 heteroatoms. The predicted molar refractivity (Wildman–Crippen MR) is 105 cm³/mol. The van der Waals surface area contributed by atoms with Crippen molar-refractivity contribution in [2.45, 2.75) is 43.6 Å². The molecule has 3 heterocycles. The summed E-state index contributed by atoms with van der Waals surface area (Å²) in [6.07, 6.45) is 10.5. The Balaban J connectivity index is 1.45. The maximum absolute atomic E-state index is 12.8. The number of aliphatic hydroxyl groups is 1. The third-order valence-corrected chi connectivity index (χ3v) is 6.37. The molecule has 0 spiro atoms. The van der Waals surface area contributed by atoms with Crippen LogP contribution in [-0.2, 0) is 16.8 Å². The second kappa shape index (κ2) is 5.64. The molecule has 28 heavy (non-hydrogen) atoms. The SMILES string of the molecule is O=C1CN=C(n2cnc(C3(O)CC3)c2)C=C2c3cccc(C4CC4)c3CCN12. The molecule has 0 atom stereocenters. The Morgan fingerprint density at radius 1 is 1.21 bits per heavy atom. The van der Waals surface area contributed by atoms with Gasteiger partial charge in [0.05, 0.1) is 11.4 Å². The number of carbonyl (C=O) groups is 1. The lowest BCUT2D eigenvalue weighted by molar-refractivity contribution is -0.126. The molecule has 2 aliphatic heterocycles. The van der Waals surface area contributed by atoms with Crippen molar-refractivity contribution < 1.29 is 9.90 Å². The zero-order valence-electron chi connectivity index (χ0n) is 15.6. The maximum atomic E-state index is 12.8. The molecule has 0 saturated heterocycles. The van der Waals surface area contributed by atoms with Crippen LogP contribution in [0.1, 0.15) is 54.0 Å². The summed E-state index contributed by atoms with van der Waals surface area (Å²) in [6.45, 7) is 0.837. The third kappa shape index (κ3) is 2.48. The summed E-state index contributed by atoms with van der Waals surface area (Å²) in [4.78, 5) is 23.6. The number of aliphatic imine (C=N–C) groups is 1. The Bertz CT molecular complexity index is 1060. The molecule has 1 N–H and O–H groups in total. The van der Waals surface area contributed by atoms with Gasteiger partial charge < -0.3 is 10.0 Å².